The Morgan fingerprint density at radius 2 is 2.19 bits per heavy atom. The Hall–Kier alpha value is -2.47. The molecule has 0 unspecified atom stereocenters. The molecule has 2 aromatic heterocycles. The number of aryl methyl sites for hydroxylation is 2. The van der Waals surface area contributed by atoms with E-state index in [9.17, 15) is 9.59 Å². The first kappa shape index (κ1) is 17.0. The number of Topliss-reactive ketones (excluding diaryl/α,β-unsaturated/α-hetero) is 1. The molecule has 1 aliphatic carbocycles. The van der Waals surface area contributed by atoms with Gasteiger partial charge in [0.1, 0.15) is 10.6 Å². The molecule has 1 aromatic carbocycles. The van der Waals surface area contributed by atoms with Crippen molar-refractivity contribution in [2.75, 3.05) is 6.61 Å². The molecule has 0 fully saturated rings. The first-order valence-corrected chi connectivity index (χ1v) is 9.66. The van der Waals surface area contributed by atoms with Crippen molar-refractivity contribution in [2.24, 2.45) is 0 Å². The van der Waals surface area contributed by atoms with Crippen LogP contribution >= 0.6 is 11.3 Å². The van der Waals surface area contributed by atoms with Crippen LogP contribution in [0, 0.1) is 0 Å². The van der Waals surface area contributed by atoms with E-state index in [-0.39, 0.29) is 11.3 Å². The number of ether oxygens (including phenoxy) is 1. The normalized spacial score (nSPS) is 13.2. The van der Waals surface area contributed by atoms with Crippen molar-refractivity contribution in [1.29, 1.82) is 0 Å². The highest BCUT2D eigenvalue weighted by molar-refractivity contribution is 7.18. The minimum absolute atomic E-state index is 0.00845. The number of rotatable bonds is 5. The average molecular weight is 368 g/mol. The lowest BCUT2D eigenvalue weighted by atomic mass is 10.1. The third kappa shape index (κ3) is 2.84. The van der Waals surface area contributed by atoms with E-state index in [0.29, 0.717) is 24.5 Å². The summed E-state index contributed by atoms with van der Waals surface area (Å²) in [5.41, 5.74) is 2.60. The Morgan fingerprint density at radius 3 is 2.96 bits per heavy atom. The standard InChI is InChI=1S/C20H20N2O3S/c1-3-25-16-8-7-13(12(2)23)9-14(16)10-22-11-21-19-18(20(22)24)15-5-4-6-17(15)26-19/h7-9,11H,3-6,10H2,1-2H3. The molecule has 26 heavy (non-hydrogen) atoms. The lowest BCUT2D eigenvalue weighted by Gasteiger charge is -2.13. The Morgan fingerprint density at radius 1 is 1.35 bits per heavy atom. The van der Waals surface area contributed by atoms with Crippen LogP contribution < -0.4 is 10.3 Å². The van der Waals surface area contributed by atoms with E-state index in [1.807, 2.05) is 13.0 Å². The number of carbonyl (C=O) groups is 1. The zero-order valence-corrected chi connectivity index (χ0v) is 15.7. The van der Waals surface area contributed by atoms with E-state index in [2.05, 4.69) is 4.98 Å². The summed E-state index contributed by atoms with van der Waals surface area (Å²) in [6, 6.07) is 5.36. The van der Waals surface area contributed by atoms with Crippen LogP contribution in [0.1, 0.15) is 46.6 Å². The van der Waals surface area contributed by atoms with E-state index in [0.717, 1.165) is 35.0 Å². The quantitative estimate of drug-likeness (QED) is 0.646. The van der Waals surface area contributed by atoms with Gasteiger partial charge in [0, 0.05) is 16.0 Å². The summed E-state index contributed by atoms with van der Waals surface area (Å²) in [6.45, 7) is 4.31. The molecule has 4 rings (SSSR count). The van der Waals surface area contributed by atoms with Crippen molar-refractivity contribution in [3.05, 3.63) is 56.4 Å². The van der Waals surface area contributed by atoms with Gasteiger partial charge in [0.2, 0.25) is 0 Å². The molecule has 0 spiro atoms. The second kappa shape index (κ2) is 6.68. The van der Waals surface area contributed by atoms with Crippen molar-refractivity contribution < 1.29 is 9.53 Å². The number of ketones is 1. The highest BCUT2D eigenvalue weighted by Crippen LogP contribution is 2.34. The third-order valence-electron chi connectivity index (χ3n) is 4.80. The number of nitrogens with zero attached hydrogens (tertiary/aromatic N) is 2. The van der Waals surface area contributed by atoms with Crippen LogP contribution in [0.25, 0.3) is 10.2 Å². The summed E-state index contributed by atoms with van der Waals surface area (Å²) in [6.07, 6.45) is 4.72. The summed E-state index contributed by atoms with van der Waals surface area (Å²) in [5.74, 6) is 0.686. The minimum Gasteiger partial charge on any atom is -0.494 e. The van der Waals surface area contributed by atoms with Crippen LogP contribution in [-0.4, -0.2) is 21.9 Å². The molecule has 0 bridgehead atoms. The molecule has 0 saturated heterocycles. The lowest BCUT2D eigenvalue weighted by Crippen LogP contribution is -2.21. The van der Waals surface area contributed by atoms with E-state index in [1.165, 1.54) is 17.4 Å². The van der Waals surface area contributed by atoms with E-state index >= 15 is 0 Å². The van der Waals surface area contributed by atoms with Crippen LogP contribution in [0.15, 0.2) is 29.3 Å². The number of aromatic nitrogens is 2. The van der Waals surface area contributed by atoms with Crippen LogP contribution in [0.2, 0.25) is 0 Å². The van der Waals surface area contributed by atoms with Gasteiger partial charge in [-0.1, -0.05) is 0 Å². The Bertz CT molecular complexity index is 1060. The lowest BCUT2D eigenvalue weighted by molar-refractivity contribution is 0.101. The van der Waals surface area contributed by atoms with Crippen LogP contribution in [0.5, 0.6) is 5.75 Å². The zero-order chi connectivity index (χ0) is 18.3. The summed E-state index contributed by atoms with van der Waals surface area (Å²) in [7, 11) is 0. The van der Waals surface area contributed by atoms with E-state index in [1.54, 1.807) is 34.4 Å². The predicted molar refractivity (Wildman–Crippen MR) is 103 cm³/mol. The van der Waals surface area contributed by atoms with Gasteiger partial charge in [0.15, 0.2) is 5.78 Å². The maximum atomic E-state index is 13.1. The fourth-order valence-corrected chi connectivity index (χ4v) is 4.75. The van der Waals surface area contributed by atoms with Gasteiger partial charge in [0.25, 0.3) is 5.56 Å². The Kier molecular flexibility index (Phi) is 4.36. The fourth-order valence-electron chi connectivity index (χ4n) is 3.53. The van der Waals surface area contributed by atoms with E-state index < -0.39 is 0 Å². The Labute approximate surface area is 155 Å². The van der Waals surface area contributed by atoms with Gasteiger partial charge in [-0.3, -0.25) is 14.2 Å². The molecule has 0 radical (unpaired) electrons. The third-order valence-corrected chi connectivity index (χ3v) is 6.00. The average Bonchev–Trinajstić information content (AvgIpc) is 3.19. The van der Waals surface area contributed by atoms with Crippen molar-refractivity contribution >= 4 is 27.3 Å². The SMILES string of the molecule is CCOc1ccc(C(C)=O)cc1Cn1cnc2sc3c(c2c1=O)CCC3. The summed E-state index contributed by atoms with van der Waals surface area (Å²) in [5, 5.41) is 0.769. The van der Waals surface area contributed by atoms with Gasteiger partial charge in [-0.05, 0) is 56.9 Å². The summed E-state index contributed by atoms with van der Waals surface area (Å²) in [4.78, 5) is 31.4. The second-order valence-corrected chi connectivity index (χ2v) is 7.61. The first-order chi connectivity index (χ1) is 12.6. The van der Waals surface area contributed by atoms with Crippen LogP contribution in [-0.2, 0) is 19.4 Å². The topological polar surface area (TPSA) is 61.2 Å². The number of benzene rings is 1. The smallest absolute Gasteiger partial charge is 0.262 e. The van der Waals surface area contributed by atoms with Gasteiger partial charge in [-0.25, -0.2) is 4.98 Å². The largest absolute Gasteiger partial charge is 0.494 e. The summed E-state index contributed by atoms with van der Waals surface area (Å²) < 4.78 is 7.31. The first-order valence-electron chi connectivity index (χ1n) is 8.84. The molecule has 1 aliphatic rings. The highest BCUT2D eigenvalue weighted by Gasteiger charge is 2.21. The fraction of sp³-hybridized carbons (Fsp3) is 0.350. The van der Waals surface area contributed by atoms with Crippen molar-refractivity contribution in [1.82, 2.24) is 9.55 Å². The number of carbonyl (C=O) groups excluding carboxylic acids is 1. The van der Waals surface area contributed by atoms with E-state index in [4.69, 9.17) is 4.74 Å². The molecular weight excluding hydrogens is 348 g/mol. The molecular formula is C20H20N2O3S. The molecule has 0 saturated carbocycles. The molecule has 0 N–H and O–H groups in total. The monoisotopic (exact) mass is 368 g/mol. The minimum atomic E-state index is -0.00919. The zero-order valence-electron chi connectivity index (χ0n) is 14.9. The molecule has 0 atom stereocenters. The molecule has 5 nitrogen and oxygen atoms in total. The number of fused-ring (bicyclic) bond motifs is 3. The van der Waals surface area contributed by atoms with Crippen molar-refractivity contribution in [2.45, 2.75) is 39.7 Å². The highest BCUT2D eigenvalue weighted by atomic mass is 32.1. The van der Waals surface area contributed by atoms with Gasteiger partial charge in [-0.2, -0.15) is 0 Å². The molecule has 134 valence electrons. The molecule has 6 heteroatoms. The molecule has 0 amide bonds. The van der Waals surface area contributed by atoms with Crippen molar-refractivity contribution in [3.63, 3.8) is 0 Å². The summed E-state index contributed by atoms with van der Waals surface area (Å²) >= 11 is 1.64. The van der Waals surface area contributed by atoms with Gasteiger partial charge in [0.05, 0.1) is 24.9 Å². The second-order valence-electron chi connectivity index (χ2n) is 6.53. The Balaban J connectivity index is 1.80. The van der Waals surface area contributed by atoms with Crippen molar-refractivity contribution in [3.8, 4) is 5.75 Å². The number of hydrogen-bond acceptors (Lipinski definition) is 5. The number of thiophene rings is 1. The van der Waals surface area contributed by atoms with Gasteiger partial charge in [-0.15, -0.1) is 11.3 Å². The molecule has 0 aliphatic heterocycles. The van der Waals surface area contributed by atoms with Crippen LogP contribution in [0.4, 0.5) is 0 Å². The maximum Gasteiger partial charge on any atom is 0.262 e. The molecule has 2 heterocycles. The molecule has 3 aromatic rings. The van der Waals surface area contributed by atoms with Crippen LogP contribution in [0.3, 0.4) is 0 Å². The van der Waals surface area contributed by atoms with Gasteiger partial charge < -0.3 is 4.74 Å². The predicted octanol–water partition coefficient (Wildman–Crippen LogP) is 3.60. The maximum absolute atomic E-state index is 13.1. The number of hydrogen-bond donors (Lipinski definition) is 0. The van der Waals surface area contributed by atoms with Gasteiger partial charge >= 0.3 is 0 Å².